The molecule has 0 bridgehead atoms. The van der Waals surface area contributed by atoms with E-state index in [4.69, 9.17) is 14.2 Å². The monoisotopic (exact) mass is 487 g/mol. The Hall–Kier alpha value is -1.67. The third-order valence-electron chi connectivity index (χ3n) is 7.37. The third kappa shape index (κ3) is 4.65. The second-order valence-electron chi connectivity index (χ2n) is 10.5. The average Bonchev–Trinajstić information content (AvgIpc) is 3.41. The molecule has 7 heteroatoms. The lowest BCUT2D eigenvalue weighted by atomic mass is 10.1. The van der Waals surface area contributed by atoms with Crippen LogP contribution in [0.4, 0.5) is 0 Å². The smallest absolute Gasteiger partial charge is 0.348 e. The number of nitrogens with one attached hydrogen (secondary N) is 1. The molecule has 0 saturated carbocycles. The Morgan fingerprint density at radius 2 is 2.06 bits per heavy atom. The maximum Gasteiger partial charge on any atom is 0.348 e. The summed E-state index contributed by atoms with van der Waals surface area (Å²) in [5.41, 5.74) is 2.54. The van der Waals surface area contributed by atoms with Crippen LogP contribution < -0.4 is 5.19 Å². The van der Waals surface area contributed by atoms with Crippen molar-refractivity contribution in [2.45, 2.75) is 77.8 Å². The van der Waals surface area contributed by atoms with Gasteiger partial charge in [-0.15, -0.1) is 11.3 Å². The first-order valence-electron chi connectivity index (χ1n) is 12.1. The minimum atomic E-state index is -1.92. The van der Waals surface area contributed by atoms with Gasteiger partial charge < -0.3 is 19.2 Å². The number of carbonyl (C=O) groups is 1. The normalized spacial score (nSPS) is 17.7. The number of hydrogen-bond donors (Lipinski definition) is 1. The number of benzene rings is 1. The Kier molecular flexibility index (Phi) is 7.06. The van der Waals surface area contributed by atoms with Crippen molar-refractivity contribution < 1.29 is 19.0 Å². The van der Waals surface area contributed by atoms with Gasteiger partial charge in [0.2, 0.25) is 0 Å². The Morgan fingerprint density at radius 1 is 1.27 bits per heavy atom. The molecular formula is C26H37NO4SSi. The summed E-state index contributed by atoms with van der Waals surface area (Å²) < 4.78 is 18.5. The predicted octanol–water partition coefficient (Wildman–Crippen LogP) is 6.36. The van der Waals surface area contributed by atoms with Gasteiger partial charge in [0.05, 0.1) is 21.3 Å². The molecule has 1 fully saturated rings. The molecule has 4 rings (SSSR count). The predicted molar refractivity (Wildman–Crippen MR) is 140 cm³/mol. The first kappa shape index (κ1) is 24.5. The van der Waals surface area contributed by atoms with Crippen molar-refractivity contribution >= 4 is 51.6 Å². The van der Waals surface area contributed by atoms with Crippen molar-refractivity contribution in [3.8, 4) is 0 Å². The summed E-state index contributed by atoms with van der Waals surface area (Å²) >= 11 is 1.56. The standard InChI is InChI=1S/C26H37NO4SSi/c1-7-29-25(28)20-16-19-17-11-13-27-22(17)24(33(5,6)26(2,3)4)18(23(19)32-20)12-15-31-21-10-8-9-14-30-21/h11,13,16,21,27H,7-10,12,14-15H2,1-6H3. The molecule has 1 aliphatic rings. The fourth-order valence-corrected chi connectivity index (χ4v) is 8.44. The number of aromatic nitrogens is 1. The van der Waals surface area contributed by atoms with Gasteiger partial charge in [0.15, 0.2) is 6.29 Å². The summed E-state index contributed by atoms with van der Waals surface area (Å²) in [5, 5.41) is 3.94. The van der Waals surface area contributed by atoms with Gasteiger partial charge in [0, 0.05) is 33.8 Å². The zero-order valence-electron chi connectivity index (χ0n) is 20.8. The van der Waals surface area contributed by atoms with Crippen molar-refractivity contribution in [3.05, 3.63) is 28.8 Å². The van der Waals surface area contributed by atoms with Gasteiger partial charge in [-0.1, -0.05) is 33.9 Å². The van der Waals surface area contributed by atoms with Gasteiger partial charge in [-0.3, -0.25) is 0 Å². The molecule has 1 N–H and O–H groups in total. The molecule has 5 nitrogen and oxygen atoms in total. The minimum absolute atomic E-state index is 0.0989. The van der Waals surface area contributed by atoms with Crippen LogP contribution in [-0.4, -0.2) is 45.1 Å². The van der Waals surface area contributed by atoms with Gasteiger partial charge in [-0.2, -0.15) is 0 Å². The molecule has 1 atom stereocenters. The minimum Gasteiger partial charge on any atom is -0.462 e. The number of hydrogen-bond acceptors (Lipinski definition) is 5. The lowest BCUT2D eigenvalue weighted by Crippen LogP contribution is -2.51. The summed E-state index contributed by atoms with van der Waals surface area (Å²) in [4.78, 5) is 16.8. The van der Waals surface area contributed by atoms with Gasteiger partial charge in [-0.25, -0.2) is 4.79 Å². The molecule has 2 aromatic heterocycles. The van der Waals surface area contributed by atoms with Crippen molar-refractivity contribution in [2.24, 2.45) is 0 Å². The van der Waals surface area contributed by atoms with Crippen LogP contribution in [0.2, 0.25) is 18.1 Å². The fourth-order valence-electron chi connectivity index (χ4n) is 4.62. The molecule has 33 heavy (non-hydrogen) atoms. The van der Waals surface area contributed by atoms with E-state index < -0.39 is 8.07 Å². The highest BCUT2D eigenvalue weighted by atomic mass is 32.1. The Balaban J connectivity index is 1.85. The largest absolute Gasteiger partial charge is 0.462 e. The average molecular weight is 488 g/mol. The Labute approximate surface area is 201 Å². The molecule has 3 heterocycles. The van der Waals surface area contributed by atoms with E-state index in [1.54, 1.807) is 11.3 Å². The van der Waals surface area contributed by atoms with E-state index in [9.17, 15) is 4.79 Å². The zero-order valence-corrected chi connectivity index (χ0v) is 22.6. The van der Waals surface area contributed by atoms with E-state index in [-0.39, 0.29) is 17.3 Å². The Bertz CT molecular complexity index is 1130. The van der Waals surface area contributed by atoms with Crippen LogP contribution in [-0.2, 0) is 20.6 Å². The molecule has 3 aromatic rings. The molecular weight excluding hydrogens is 450 g/mol. The van der Waals surface area contributed by atoms with Crippen LogP contribution >= 0.6 is 11.3 Å². The number of carbonyl (C=O) groups excluding carboxylic acids is 1. The van der Waals surface area contributed by atoms with E-state index in [0.29, 0.717) is 18.1 Å². The van der Waals surface area contributed by atoms with Gasteiger partial charge in [-0.05, 0) is 60.5 Å². The van der Waals surface area contributed by atoms with E-state index in [1.165, 1.54) is 26.4 Å². The molecule has 180 valence electrons. The fraction of sp³-hybridized carbons (Fsp3) is 0.577. The van der Waals surface area contributed by atoms with Gasteiger partial charge >= 0.3 is 5.97 Å². The van der Waals surface area contributed by atoms with Crippen LogP contribution in [0.1, 0.15) is 62.2 Å². The maximum atomic E-state index is 12.6. The molecule has 1 unspecified atom stereocenters. The van der Waals surface area contributed by atoms with E-state index >= 15 is 0 Å². The number of H-pyrrole nitrogens is 1. The summed E-state index contributed by atoms with van der Waals surface area (Å²) in [6, 6.07) is 4.16. The SMILES string of the molecule is CCOC(=O)c1cc2c(s1)c(CCOC1CCCCO1)c([Si](C)(C)C(C)(C)C)c1[nH]ccc12. The number of aromatic amines is 1. The van der Waals surface area contributed by atoms with Gasteiger partial charge in [0.25, 0.3) is 0 Å². The number of rotatable bonds is 7. The second-order valence-corrected chi connectivity index (χ2v) is 16.8. The highest BCUT2D eigenvalue weighted by Gasteiger charge is 2.41. The summed E-state index contributed by atoms with van der Waals surface area (Å²) in [7, 11) is -1.92. The highest BCUT2D eigenvalue weighted by molar-refractivity contribution is 7.21. The zero-order chi connectivity index (χ0) is 23.8. The quantitative estimate of drug-likeness (QED) is 0.311. The first-order valence-corrected chi connectivity index (χ1v) is 15.9. The molecule has 0 radical (unpaired) electrons. The molecule has 0 amide bonds. The number of thiophene rings is 1. The molecule has 1 saturated heterocycles. The van der Waals surface area contributed by atoms with Crippen molar-refractivity contribution in [3.63, 3.8) is 0 Å². The van der Waals surface area contributed by atoms with Crippen molar-refractivity contribution in [1.29, 1.82) is 0 Å². The Morgan fingerprint density at radius 3 is 2.73 bits per heavy atom. The molecule has 1 aromatic carbocycles. The van der Waals surface area contributed by atoms with Crippen LogP contribution in [0.15, 0.2) is 18.3 Å². The molecule has 0 aliphatic carbocycles. The summed E-state index contributed by atoms with van der Waals surface area (Å²) in [6.45, 7) is 15.6. The van der Waals surface area contributed by atoms with Crippen LogP contribution in [0.5, 0.6) is 0 Å². The number of esters is 1. The topological polar surface area (TPSA) is 60.6 Å². The van der Waals surface area contributed by atoms with Crippen LogP contribution in [0.3, 0.4) is 0 Å². The lowest BCUT2D eigenvalue weighted by Gasteiger charge is -2.39. The van der Waals surface area contributed by atoms with Crippen LogP contribution in [0, 0.1) is 0 Å². The molecule has 0 spiro atoms. The second kappa shape index (κ2) is 9.53. The van der Waals surface area contributed by atoms with E-state index in [1.807, 2.05) is 19.2 Å². The first-order chi connectivity index (χ1) is 15.6. The van der Waals surface area contributed by atoms with Crippen molar-refractivity contribution in [2.75, 3.05) is 19.8 Å². The van der Waals surface area contributed by atoms with E-state index in [0.717, 1.165) is 37.7 Å². The van der Waals surface area contributed by atoms with Gasteiger partial charge in [0.1, 0.15) is 4.88 Å². The molecule has 1 aliphatic heterocycles. The number of fused-ring (bicyclic) bond motifs is 3. The van der Waals surface area contributed by atoms with Crippen molar-refractivity contribution in [1.82, 2.24) is 4.98 Å². The van der Waals surface area contributed by atoms with Crippen LogP contribution in [0.25, 0.3) is 21.0 Å². The number of ether oxygens (including phenoxy) is 3. The summed E-state index contributed by atoms with van der Waals surface area (Å²) in [6.07, 6.45) is 5.97. The van der Waals surface area contributed by atoms with E-state index in [2.05, 4.69) is 44.9 Å². The highest BCUT2D eigenvalue weighted by Crippen LogP contribution is 2.41. The summed E-state index contributed by atoms with van der Waals surface area (Å²) in [5.74, 6) is -0.242. The third-order valence-corrected chi connectivity index (χ3v) is 14.1. The lowest BCUT2D eigenvalue weighted by molar-refractivity contribution is -0.161. The maximum absolute atomic E-state index is 12.6.